The van der Waals surface area contributed by atoms with Crippen LogP contribution in [-0.2, 0) is 12.8 Å². The van der Waals surface area contributed by atoms with Crippen LogP contribution in [0.1, 0.15) is 24.1 Å². The van der Waals surface area contributed by atoms with Crippen molar-refractivity contribution < 1.29 is 0 Å². The van der Waals surface area contributed by atoms with Gasteiger partial charge in [-0.1, -0.05) is 11.8 Å². The van der Waals surface area contributed by atoms with E-state index in [2.05, 4.69) is 15.2 Å². The van der Waals surface area contributed by atoms with Crippen molar-refractivity contribution in [1.82, 2.24) is 19.6 Å². The molecule has 0 spiro atoms. The number of aromatic amines is 1. The third kappa shape index (κ3) is 1.29. The van der Waals surface area contributed by atoms with E-state index in [-0.39, 0.29) is 5.56 Å². The fraction of sp³-hybridized carbons (Fsp3) is 0.500. The molecule has 1 N–H and O–H groups in total. The zero-order valence-electron chi connectivity index (χ0n) is 8.99. The summed E-state index contributed by atoms with van der Waals surface area (Å²) >= 11 is 1.55. The minimum Gasteiger partial charge on any atom is -0.290 e. The summed E-state index contributed by atoms with van der Waals surface area (Å²) in [6.45, 7) is 0. The van der Waals surface area contributed by atoms with Crippen molar-refractivity contribution in [2.75, 3.05) is 6.26 Å². The summed E-state index contributed by atoms with van der Waals surface area (Å²) in [7, 11) is 0. The Labute approximate surface area is 96.3 Å². The fourth-order valence-corrected chi connectivity index (χ4v) is 2.79. The summed E-state index contributed by atoms with van der Waals surface area (Å²) < 4.78 is 1.99. The highest BCUT2D eigenvalue weighted by Gasteiger charge is 2.19. The first-order chi connectivity index (χ1) is 7.81. The van der Waals surface area contributed by atoms with Gasteiger partial charge in [-0.25, -0.2) is 0 Å². The van der Waals surface area contributed by atoms with Gasteiger partial charge in [-0.3, -0.25) is 14.2 Å². The van der Waals surface area contributed by atoms with Crippen LogP contribution in [0.15, 0.2) is 9.95 Å². The van der Waals surface area contributed by atoms with E-state index in [1.54, 1.807) is 11.8 Å². The Morgan fingerprint density at radius 2 is 2.12 bits per heavy atom. The second kappa shape index (κ2) is 3.62. The van der Waals surface area contributed by atoms with Gasteiger partial charge < -0.3 is 0 Å². The second-order valence-corrected chi connectivity index (χ2v) is 4.71. The molecule has 84 valence electrons. The Kier molecular flexibility index (Phi) is 2.24. The molecule has 0 saturated heterocycles. The zero-order chi connectivity index (χ0) is 11.1. The van der Waals surface area contributed by atoms with Crippen LogP contribution in [0.4, 0.5) is 0 Å². The van der Waals surface area contributed by atoms with E-state index in [4.69, 9.17) is 0 Å². The Hall–Kier alpha value is -1.30. The second-order valence-electron chi connectivity index (χ2n) is 3.93. The lowest BCUT2D eigenvalue weighted by Gasteiger charge is -2.16. The number of thioether (sulfide) groups is 1. The molecule has 1 aliphatic carbocycles. The maximum Gasteiger partial charge on any atom is 0.255 e. The number of aryl methyl sites for hydroxylation is 1. The van der Waals surface area contributed by atoms with Gasteiger partial charge in [0.25, 0.3) is 5.56 Å². The molecule has 0 radical (unpaired) electrons. The summed E-state index contributed by atoms with van der Waals surface area (Å²) in [5.74, 6) is 0.565. The van der Waals surface area contributed by atoms with Crippen molar-refractivity contribution in [2.45, 2.75) is 30.8 Å². The lowest BCUT2D eigenvalue weighted by molar-refractivity contribution is 0.639. The smallest absolute Gasteiger partial charge is 0.255 e. The maximum atomic E-state index is 11.8. The fourth-order valence-electron chi connectivity index (χ4n) is 2.28. The highest BCUT2D eigenvalue weighted by molar-refractivity contribution is 7.98. The van der Waals surface area contributed by atoms with Crippen molar-refractivity contribution in [3.05, 3.63) is 21.6 Å². The minimum atomic E-state index is 0.00209. The first-order valence-corrected chi connectivity index (χ1v) is 6.57. The Morgan fingerprint density at radius 3 is 2.94 bits per heavy atom. The van der Waals surface area contributed by atoms with E-state index in [0.29, 0.717) is 5.78 Å². The molecule has 0 fully saturated rings. The van der Waals surface area contributed by atoms with Gasteiger partial charge in [-0.15, -0.1) is 10.2 Å². The van der Waals surface area contributed by atoms with Gasteiger partial charge in [-0.05, 0) is 31.9 Å². The molecule has 2 aromatic heterocycles. The number of nitrogens with zero attached hydrogens (tertiary/aromatic N) is 3. The molecule has 2 heterocycles. The predicted octanol–water partition coefficient (Wildman–Crippen LogP) is 1.02. The number of hydrogen-bond donors (Lipinski definition) is 1. The van der Waals surface area contributed by atoms with Gasteiger partial charge in [0.2, 0.25) is 5.78 Å². The number of rotatable bonds is 1. The standard InChI is InChI=1S/C10H12N4OS/c1-16-10-13-12-9-11-8(15)6-4-2-3-5-7(6)14(9)10/h2-5H2,1H3,(H,11,12,15). The third-order valence-corrected chi connectivity index (χ3v) is 3.65. The highest BCUT2D eigenvalue weighted by Crippen LogP contribution is 2.22. The van der Waals surface area contributed by atoms with Crippen LogP contribution in [0.3, 0.4) is 0 Å². The van der Waals surface area contributed by atoms with E-state index >= 15 is 0 Å². The number of nitrogens with one attached hydrogen (secondary N) is 1. The van der Waals surface area contributed by atoms with Gasteiger partial charge in [-0.2, -0.15) is 0 Å². The topological polar surface area (TPSA) is 63.0 Å². The summed E-state index contributed by atoms with van der Waals surface area (Å²) in [5, 5.41) is 8.92. The van der Waals surface area contributed by atoms with E-state index in [9.17, 15) is 4.79 Å². The predicted molar refractivity (Wildman–Crippen MR) is 62.0 cm³/mol. The molecule has 2 aromatic rings. The molecule has 0 saturated carbocycles. The van der Waals surface area contributed by atoms with E-state index in [1.165, 1.54) is 0 Å². The average molecular weight is 236 g/mol. The molecule has 5 nitrogen and oxygen atoms in total. The molecule has 0 unspecified atom stereocenters. The molecule has 3 rings (SSSR count). The van der Waals surface area contributed by atoms with E-state index in [1.807, 2.05) is 10.7 Å². The maximum absolute atomic E-state index is 11.8. The van der Waals surface area contributed by atoms with Gasteiger partial charge >= 0.3 is 0 Å². The quantitative estimate of drug-likeness (QED) is 0.751. The zero-order valence-corrected chi connectivity index (χ0v) is 9.80. The summed E-state index contributed by atoms with van der Waals surface area (Å²) in [6, 6.07) is 0. The molecule has 1 aliphatic rings. The summed E-state index contributed by atoms with van der Waals surface area (Å²) in [6.07, 6.45) is 6.01. The van der Waals surface area contributed by atoms with Crippen LogP contribution >= 0.6 is 11.8 Å². The number of fused-ring (bicyclic) bond motifs is 3. The van der Waals surface area contributed by atoms with E-state index < -0.39 is 0 Å². The number of hydrogen-bond acceptors (Lipinski definition) is 4. The molecule has 0 amide bonds. The molecular formula is C10H12N4OS. The largest absolute Gasteiger partial charge is 0.290 e. The van der Waals surface area contributed by atoms with Gasteiger partial charge in [0.15, 0.2) is 5.16 Å². The van der Waals surface area contributed by atoms with Crippen molar-refractivity contribution >= 4 is 17.5 Å². The van der Waals surface area contributed by atoms with Crippen molar-refractivity contribution in [3.8, 4) is 0 Å². The lowest BCUT2D eigenvalue weighted by Crippen LogP contribution is -2.22. The SMILES string of the molecule is CSc1nnc2[nH]c(=O)c3c(n12)CCCC3. The van der Waals surface area contributed by atoms with Gasteiger partial charge in [0.05, 0.1) is 0 Å². The number of aromatic nitrogens is 4. The van der Waals surface area contributed by atoms with Crippen LogP contribution in [0.2, 0.25) is 0 Å². The molecule has 0 aliphatic heterocycles. The molecule has 0 atom stereocenters. The van der Waals surface area contributed by atoms with Crippen molar-refractivity contribution in [2.24, 2.45) is 0 Å². The van der Waals surface area contributed by atoms with E-state index in [0.717, 1.165) is 42.1 Å². The first-order valence-electron chi connectivity index (χ1n) is 5.34. The normalized spacial score (nSPS) is 15.3. The minimum absolute atomic E-state index is 0.00209. The van der Waals surface area contributed by atoms with Crippen LogP contribution in [0.25, 0.3) is 5.78 Å². The molecule has 16 heavy (non-hydrogen) atoms. The monoisotopic (exact) mass is 236 g/mol. The van der Waals surface area contributed by atoms with Gasteiger partial charge in [0.1, 0.15) is 0 Å². The molecule has 6 heteroatoms. The molecule has 0 aromatic carbocycles. The van der Waals surface area contributed by atoms with Crippen LogP contribution in [0, 0.1) is 0 Å². The Bertz CT molecular complexity index is 601. The number of H-pyrrole nitrogens is 1. The summed E-state index contributed by atoms with van der Waals surface area (Å²) in [5.41, 5.74) is 2.01. The lowest BCUT2D eigenvalue weighted by atomic mass is 9.97. The van der Waals surface area contributed by atoms with Gasteiger partial charge in [0, 0.05) is 11.3 Å². The Morgan fingerprint density at radius 1 is 1.31 bits per heavy atom. The average Bonchev–Trinajstić information content (AvgIpc) is 2.72. The highest BCUT2D eigenvalue weighted by atomic mass is 32.2. The first kappa shape index (κ1) is 9.89. The van der Waals surface area contributed by atoms with Crippen LogP contribution < -0.4 is 5.56 Å². The van der Waals surface area contributed by atoms with Crippen molar-refractivity contribution in [1.29, 1.82) is 0 Å². The third-order valence-electron chi connectivity index (χ3n) is 3.02. The van der Waals surface area contributed by atoms with Crippen LogP contribution in [-0.4, -0.2) is 25.8 Å². The Balaban J connectivity index is 2.42. The van der Waals surface area contributed by atoms with Crippen LogP contribution in [0.5, 0.6) is 0 Å². The molecule has 0 bridgehead atoms. The molecular weight excluding hydrogens is 224 g/mol. The van der Waals surface area contributed by atoms with Crippen molar-refractivity contribution in [3.63, 3.8) is 0 Å². The summed E-state index contributed by atoms with van der Waals surface area (Å²) in [4.78, 5) is 14.6.